The smallest absolute Gasteiger partial charge is 0.263 e. The summed E-state index contributed by atoms with van der Waals surface area (Å²) in [5, 5.41) is 9.73. The van der Waals surface area contributed by atoms with Crippen LogP contribution in [0.5, 0.6) is 11.6 Å². The molecule has 1 aliphatic heterocycles. The second-order valence-electron chi connectivity index (χ2n) is 6.51. The van der Waals surface area contributed by atoms with Gasteiger partial charge in [0.1, 0.15) is 11.9 Å². The molecule has 0 radical (unpaired) electrons. The van der Waals surface area contributed by atoms with E-state index in [-0.39, 0.29) is 6.10 Å². The lowest BCUT2D eigenvalue weighted by Crippen LogP contribution is -2.53. The summed E-state index contributed by atoms with van der Waals surface area (Å²) in [7, 11) is 1.56. The third-order valence-electron chi connectivity index (χ3n) is 4.63. The zero-order valence-electron chi connectivity index (χ0n) is 14.5. The SMILES string of the molecule is COc1ccc2c(O[C@H]3CCN(C(C)(C)C(=O)NO)C3)ccnc2n1. The van der Waals surface area contributed by atoms with Gasteiger partial charge in [-0.25, -0.2) is 10.5 Å². The highest BCUT2D eigenvalue weighted by atomic mass is 16.5. The third kappa shape index (κ3) is 3.35. The number of pyridine rings is 2. The first-order valence-electron chi connectivity index (χ1n) is 8.11. The van der Waals surface area contributed by atoms with Crippen molar-refractivity contribution < 1.29 is 19.5 Å². The predicted molar refractivity (Wildman–Crippen MR) is 90.7 cm³/mol. The Kier molecular flexibility index (Phi) is 4.73. The zero-order chi connectivity index (χ0) is 18.0. The molecule has 8 nitrogen and oxygen atoms in total. The first-order chi connectivity index (χ1) is 12.0. The molecule has 1 amide bonds. The van der Waals surface area contributed by atoms with Gasteiger partial charge in [0.2, 0.25) is 5.88 Å². The maximum atomic E-state index is 11.8. The molecule has 1 aliphatic rings. The van der Waals surface area contributed by atoms with Gasteiger partial charge >= 0.3 is 0 Å². The lowest BCUT2D eigenvalue weighted by atomic mass is 10.0. The van der Waals surface area contributed by atoms with Crippen molar-refractivity contribution in [1.82, 2.24) is 20.3 Å². The minimum Gasteiger partial charge on any atom is -0.488 e. The van der Waals surface area contributed by atoms with Crippen LogP contribution >= 0.6 is 0 Å². The molecule has 0 spiro atoms. The van der Waals surface area contributed by atoms with Crippen LogP contribution in [0.1, 0.15) is 20.3 Å². The highest BCUT2D eigenvalue weighted by Crippen LogP contribution is 2.29. The molecule has 134 valence electrons. The number of rotatable bonds is 5. The first-order valence-corrected chi connectivity index (χ1v) is 8.11. The van der Waals surface area contributed by atoms with E-state index in [4.69, 9.17) is 14.7 Å². The van der Waals surface area contributed by atoms with Crippen molar-refractivity contribution in [3.05, 3.63) is 24.4 Å². The Bertz CT molecular complexity index is 780. The van der Waals surface area contributed by atoms with Gasteiger partial charge in [-0.1, -0.05) is 0 Å². The van der Waals surface area contributed by atoms with Crippen LogP contribution in [-0.2, 0) is 4.79 Å². The molecule has 0 unspecified atom stereocenters. The predicted octanol–water partition coefficient (Wildman–Crippen LogP) is 1.38. The van der Waals surface area contributed by atoms with Crippen molar-refractivity contribution >= 4 is 16.9 Å². The minimum atomic E-state index is -0.803. The van der Waals surface area contributed by atoms with E-state index in [0.717, 1.165) is 11.8 Å². The van der Waals surface area contributed by atoms with Crippen LogP contribution in [0.4, 0.5) is 0 Å². The molecule has 0 saturated carbocycles. The Morgan fingerprint density at radius 3 is 2.92 bits per heavy atom. The van der Waals surface area contributed by atoms with Crippen molar-refractivity contribution in [1.29, 1.82) is 0 Å². The summed E-state index contributed by atoms with van der Waals surface area (Å²) in [6.07, 6.45) is 2.38. The topological polar surface area (TPSA) is 96.8 Å². The molecule has 2 N–H and O–H groups in total. The second kappa shape index (κ2) is 6.81. The Labute approximate surface area is 145 Å². The van der Waals surface area contributed by atoms with E-state index < -0.39 is 11.4 Å². The summed E-state index contributed by atoms with van der Waals surface area (Å²) >= 11 is 0. The quantitative estimate of drug-likeness (QED) is 0.623. The number of likely N-dealkylation sites (tertiary alicyclic amines) is 1. The molecule has 25 heavy (non-hydrogen) atoms. The number of aromatic nitrogens is 2. The minimum absolute atomic E-state index is 0.0570. The summed E-state index contributed by atoms with van der Waals surface area (Å²) in [6.45, 7) is 4.85. The van der Waals surface area contributed by atoms with Crippen LogP contribution in [-0.4, -0.2) is 57.8 Å². The average Bonchev–Trinajstić information content (AvgIpc) is 3.10. The number of hydrogen-bond donors (Lipinski definition) is 2. The molecule has 0 aliphatic carbocycles. The van der Waals surface area contributed by atoms with Gasteiger partial charge in [0, 0.05) is 25.4 Å². The van der Waals surface area contributed by atoms with Gasteiger partial charge in [0.05, 0.1) is 18.0 Å². The van der Waals surface area contributed by atoms with Crippen LogP contribution in [0.25, 0.3) is 11.0 Å². The second-order valence-corrected chi connectivity index (χ2v) is 6.51. The van der Waals surface area contributed by atoms with Gasteiger partial charge in [-0.3, -0.25) is 14.9 Å². The molecule has 8 heteroatoms. The summed E-state index contributed by atoms with van der Waals surface area (Å²) in [5.41, 5.74) is 1.49. The fraction of sp³-hybridized carbons (Fsp3) is 0.471. The lowest BCUT2D eigenvalue weighted by Gasteiger charge is -2.32. The van der Waals surface area contributed by atoms with E-state index in [2.05, 4.69) is 9.97 Å². The van der Waals surface area contributed by atoms with Crippen LogP contribution in [0, 0.1) is 0 Å². The molecular weight excluding hydrogens is 324 g/mol. The fourth-order valence-corrected chi connectivity index (χ4v) is 3.00. The Balaban J connectivity index is 1.76. The van der Waals surface area contributed by atoms with Gasteiger partial charge in [0.15, 0.2) is 5.65 Å². The number of methoxy groups -OCH3 is 1. The van der Waals surface area contributed by atoms with E-state index in [9.17, 15) is 4.79 Å². The van der Waals surface area contributed by atoms with Gasteiger partial charge in [-0.05, 0) is 32.4 Å². The molecular formula is C17H22N4O4. The summed E-state index contributed by atoms with van der Waals surface area (Å²) < 4.78 is 11.3. The van der Waals surface area contributed by atoms with Crippen LogP contribution in [0.2, 0.25) is 0 Å². The van der Waals surface area contributed by atoms with Gasteiger partial charge in [-0.15, -0.1) is 0 Å². The summed E-state index contributed by atoms with van der Waals surface area (Å²) in [6, 6.07) is 5.45. The molecule has 0 bridgehead atoms. The Hall–Kier alpha value is -2.45. The molecule has 1 saturated heterocycles. The molecule has 2 aromatic rings. The highest BCUT2D eigenvalue weighted by molar-refractivity contribution is 5.84. The number of hydroxylamine groups is 1. The Morgan fingerprint density at radius 1 is 1.40 bits per heavy atom. The molecule has 3 heterocycles. The van der Waals surface area contributed by atoms with Crippen molar-refractivity contribution in [2.24, 2.45) is 0 Å². The number of carbonyl (C=O) groups is 1. The summed E-state index contributed by atoms with van der Waals surface area (Å²) in [4.78, 5) is 22.4. The van der Waals surface area contributed by atoms with Gasteiger partial charge < -0.3 is 9.47 Å². The van der Waals surface area contributed by atoms with Crippen molar-refractivity contribution in [2.45, 2.75) is 31.9 Å². The van der Waals surface area contributed by atoms with Crippen molar-refractivity contribution in [3.63, 3.8) is 0 Å². The average molecular weight is 346 g/mol. The molecule has 1 fully saturated rings. The molecule has 0 aromatic carbocycles. The largest absolute Gasteiger partial charge is 0.488 e. The summed E-state index contributed by atoms with van der Waals surface area (Å²) in [5.74, 6) is 0.774. The van der Waals surface area contributed by atoms with E-state index >= 15 is 0 Å². The third-order valence-corrected chi connectivity index (χ3v) is 4.63. The number of fused-ring (bicyclic) bond motifs is 1. The van der Waals surface area contributed by atoms with E-state index in [1.54, 1.807) is 38.7 Å². The van der Waals surface area contributed by atoms with E-state index in [1.165, 1.54) is 0 Å². The molecule has 2 aromatic heterocycles. The number of amides is 1. The normalized spacial score (nSPS) is 18.3. The van der Waals surface area contributed by atoms with Crippen molar-refractivity contribution in [3.8, 4) is 11.6 Å². The number of carbonyl (C=O) groups excluding carboxylic acids is 1. The maximum absolute atomic E-state index is 11.8. The monoisotopic (exact) mass is 346 g/mol. The van der Waals surface area contributed by atoms with Gasteiger partial charge in [0.25, 0.3) is 5.91 Å². The van der Waals surface area contributed by atoms with Crippen molar-refractivity contribution in [2.75, 3.05) is 20.2 Å². The van der Waals surface area contributed by atoms with Gasteiger partial charge in [-0.2, -0.15) is 4.98 Å². The number of nitrogens with one attached hydrogen (secondary N) is 1. The van der Waals surface area contributed by atoms with Crippen LogP contribution in [0.15, 0.2) is 24.4 Å². The van der Waals surface area contributed by atoms with Crippen LogP contribution < -0.4 is 15.0 Å². The van der Waals surface area contributed by atoms with E-state index in [0.29, 0.717) is 30.4 Å². The number of ether oxygens (including phenoxy) is 2. The zero-order valence-corrected chi connectivity index (χ0v) is 14.5. The molecule has 3 rings (SSSR count). The number of hydrogen-bond acceptors (Lipinski definition) is 7. The Morgan fingerprint density at radius 2 is 2.20 bits per heavy atom. The fourth-order valence-electron chi connectivity index (χ4n) is 3.00. The molecule has 1 atom stereocenters. The highest BCUT2D eigenvalue weighted by Gasteiger charge is 2.39. The standard InChI is InChI=1S/C17H22N4O4/c1-17(2,16(22)20-23)21-9-7-11(10-21)25-13-6-8-18-15-12(13)4-5-14(19-15)24-3/h4-6,8,11,23H,7,9-10H2,1-3H3,(H,20,22)/t11-/m0/s1. The first kappa shape index (κ1) is 17.4. The van der Waals surface area contributed by atoms with Crippen LogP contribution in [0.3, 0.4) is 0 Å². The van der Waals surface area contributed by atoms with E-state index in [1.807, 2.05) is 17.0 Å². The number of nitrogens with zero attached hydrogens (tertiary/aromatic N) is 3. The maximum Gasteiger partial charge on any atom is 0.263 e. The lowest BCUT2D eigenvalue weighted by molar-refractivity contribution is -0.139.